The summed E-state index contributed by atoms with van der Waals surface area (Å²) in [6, 6.07) is 3.68. The Morgan fingerprint density at radius 3 is 2.89 bits per heavy atom. The molecule has 1 aliphatic rings. The Kier molecular flexibility index (Phi) is 4.61. The van der Waals surface area contributed by atoms with Crippen molar-refractivity contribution in [3.63, 3.8) is 0 Å². The predicted octanol–water partition coefficient (Wildman–Crippen LogP) is 1.37. The van der Waals surface area contributed by atoms with E-state index in [0.29, 0.717) is 12.3 Å². The number of aliphatic hydroxyl groups excluding tert-OH is 1. The number of hydrogen-bond acceptors (Lipinski definition) is 4. The zero-order chi connectivity index (χ0) is 13.8. The molecule has 0 spiro atoms. The number of likely N-dealkylation sites (N-methyl/N-ethyl adjacent to an activating group) is 1. The predicted molar refractivity (Wildman–Crippen MR) is 71.8 cm³/mol. The molecule has 1 aromatic rings. The molecule has 1 heterocycles. The summed E-state index contributed by atoms with van der Waals surface area (Å²) in [4.78, 5) is 13.5. The highest BCUT2D eigenvalue weighted by atomic mass is 16.4. The maximum Gasteiger partial charge on any atom is 0.286 e. The van der Waals surface area contributed by atoms with E-state index in [1.54, 1.807) is 13.1 Å². The Morgan fingerprint density at radius 1 is 1.47 bits per heavy atom. The number of hydrogen-bond donors (Lipinski definition) is 2. The van der Waals surface area contributed by atoms with Crippen molar-refractivity contribution in [1.82, 2.24) is 10.2 Å². The first-order valence-electron chi connectivity index (χ1n) is 6.81. The topological polar surface area (TPSA) is 65.7 Å². The number of amides is 1. The number of nitrogens with zero attached hydrogens (tertiary/aromatic N) is 1. The molecule has 0 aliphatic heterocycles. The summed E-state index contributed by atoms with van der Waals surface area (Å²) >= 11 is 0. The van der Waals surface area contributed by atoms with Gasteiger partial charge in [0.25, 0.3) is 5.91 Å². The van der Waals surface area contributed by atoms with E-state index in [-0.39, 0.29) is 18.1 Å². The van der Waals surface area contributed by atoms with Crippen LogP contribution in [0.3, 0.4) is 0 Å². The maximum atomic E-state index is 11.4. The van der Waals surface area contributed by atoms with Crippen LogP contribution < -0.4 is 5.32 Å². The van der Waals surface area contributed by atoms with Crippen molar-refractivity contribution in [3.8, 4) is 0 Å². The minimum atomic E-state index is -0.257. The van der Waals surface area contributed by atoms with Gasteiger partial charge in [-0.25, -0.2) is 0 Å². The number of carbonyl (C=O) groups excluding carboxylic acids is 1. The first kappa shape index (κ1) is 14.1. The van der Waals surface area contributed by atoms with Crippen LogP contribution in [0.25, 0.3) is 0 Å². The lowest BCUT2D eigenvalue weighted by molar-refractivity contribution is 0.0261. The lowest BCUT2D eigenvalue weighted by Crippen LogP contribution is -2.42. The van der Waals surface area contributed by atoms with E-state index < -0.39 is 0 Å². The van der Waals surface area contributed by atoms with E-state index in [4.69, 9.17) is 4.42 Å². The standard InChI is InChI=1S/C14H22N2O3/c1-15-14(18)13-8-7-10(19-13)9-16(2)11-5-3-4-6-12(11)17/h7-8,11-12,17H,3-6,9H2,1-2H3,(H,15,18)/t11-,12-/m1/s1. The highest BCUT2D eigenvalue weighted by Crippen LogP contribution is 2.23. The van der Waals surface area contributed by atoms with Crippen LogP contribution in [-0.2, 0) is 6.54 Å². The Morgan fingerprint density at radius 2 is 2.21 bits per heavy atom. The van der Waals surface area contributed by atoms with Gasteiger partial charge in [0.2, 0.25) is 0 Å². The van der Waals surface area contributed by atoms with Crippen molar-refractivity contribution in [1.29, 1.82) is 0 Å². The first-order valence-corrected chi connectivity index (χ1v) is 6.81. The minimum absolute atomic E-state index is 0.183. The molecular weight excluding hydrogens is 244 g/mol. The second-order valence-electron chi connectivity index (χ2n) is 5.18. The summed E-state index contributed by atoms with van der Waals surface area (Å²) < 4.78 is 5.50. The molecule has 0 aromatic carbocycles. The van der Waals surface area contributed by atoms with Gasteiger partial charge < -0.3 is 14.8 Å². The van der Waals surface area contributed by atoms with Gasteiger partial charge in [-0.1, -0.05) is 12.8 Å². The quantitative estimate of drug-likeness (QED) is 0.864. The van der Waals surface area contributed by atoms with Crippen molar-refractivity contribution in [2.24, 2.45) is 0 Å². The summed E-state index contributed by atoms with van der Waals surface area (Å²) in [5, 5.41) is 12.5. The molecule has 0 saturated heterocycles. The lowest BCUT2D eigenvalue weighted by Gasteiger charge is -2.34. The van der Waals surface area contributed by atoms with E-state index in [1.165, 1.54) is 0 Å². The fourth-order valence-corrected chi connectivity index (χ4v) is 2.68. The molecule has 1 fully saturated rings. The molecule has 2 atom stereocenters. The highest BCUT2D eigenvalue weighted by molar-refractivity contribution is 5.91. The van der Waals surface area contributed by atoms with Crippen LogP contribution in [0.4, 0.5) is 0 Å². The molecule has 5 heteroatoms. The van der Waals surface area contributed by atoms with Gasteiger partial charge in [-0.2, -0.15) is 0 Å². The summed E-state index contributed by atoms with van der Waals surface area (Å²) in [6.45, 7) is 0.610. The van der Waals surface area contributed by atoms with E-state index in [0.717, 1.165) is 31.4 Å². The van der Waals surface area contributed by atoms with Crippen LogP contribution in [0.2, 0.25) is 0 Å². The van der Waals surface area contributed by atoms with E-state index >= 15 is 0 Å². The lowest BCUT2D eigenvalue weighted by atomic mass is 9.91. The molecule has 0 unspecified atom stereocenters. The maximum absolute atomic E-state index is 11.4. The third-order valence-corrected chi connectivity index (χ3v) is 3.78. The van der Waals surface area contributed by atoms with Gasteiger partial charge in [0.15, 0.2) is 5.76 Å². The Balaban J connectivity index is 1.96. The summed E-state index contributed by atoms with van der Waals surface area (Å²) in [6.07, 6.45) is 3.89. The molecule has 1 aliphatic carbocycles. The smallest absolute Gasteiger partial charge is 0.286 e. The molecule has 0 bridgehead atoms. The normalized spacial score (nSPS) is 23.6. The van der Waals surface area contributed by atoms with Gasteiger partial charge in [0, 0.05) is 13.1 Å². The summed E-state index contributed by atoms with van der Waals surface area (Å²) in [5.41, 5.74) is 0. The average molecular weight is 266 g/mol. The van der Waals surface area contributed by atoms with Gasteiger partial charge in [-0.15, -0.1) is 0 Å². The van der Waals surface area contributed by atoms with Gasteiger partial charge in [0.05, 0.1) is 12.6 Å². The summed E-state index contributed by atoms with van der Waals surface area (Å²) in [5.74, 6) is 0.862. The molecule has 19 heavy (non-hydrogen) atoms. The Labute approximate surface area is 113 Å². The van der Waals surface area contributed by atoms with Crippen LogP contribution in [0, 0.1) is 0 Å². The second kappa shape index (κ2) is 6.21. The fraction of sp³-hybridized carbons (Fsp3) is 0.643. The Bertz CT molecular complexity index is 430. The molecule has 0 radical (unpaired) electrons. The zero-order valence-electron chi connectivity index (χ0n) is 11.6. The number of furan rings is 1. The van der Waals surface area contributed by atoms with Crippen molar-refractivity contribution >= 4 is 5.91 Å². The third kappa shape index (κ3) is 3.36. The largest absolute Gasteiger partial charge is 0.455 e. The first-order chi connectivity index (χ1) is 9.11. The monoisotopic (exact) mass is 266 g/mol. The molecule has 1 amide bonds. The molecule has 106 valence electrons. The molecule has 2 N–H and O–H groups in total. The van der Waals surface area contributed by atoms with Gasteiger partial charge in [0.1, 0.15) is 5.76 Å². The minimum Gasteiger partial charge on any atom is -0.455 e. The molecule has 1 aromatic heterocycles. The molecule has 1 saturated carbocycles. The van der Waals surface area contributed by atoms with Crippen molar-refractivity contribution in [2.45, 2.75) is 44.4 Å². The second-order valence-corrected chi connectivity index (χ2v) is 5.18. The van der Waals surface area contributed by atoms with Crippen LogP contribution >= 0.6 is 0 Å². The van der Waals surface area contributed by atoms with Crippen molar-refractivity contribution in [2.75, 3.05) is 14.1 Å². The van der Waals surface area contributed by atoms with E-state index in [2.05, 4.69) is 10.2 Å². The average Bonchev–Trinajstić information content (AvgIpc) is 2.86. The number of carbonyl (C=O) groups is 1. The number of aliphatic hydroxyl groups is 1. The molecular formula is C14H22N2O3. The van der Waals surface area contributed by atoms with Gasteiger partial charge in [-0.3, -0.25) is 9.69 Å². The van der Waals surface area contributed by atoms with Crippen LogP contribution in [-0.4, -0.2) is 42.2 Å². The van der Waals surface area contributed by atoms with E-state index in [1.807, 2.05) is 13.1 Å². The third-order valence-electron chi connectivity index (χ3n) is 3.78. The fourth-order valence-electron chi connectivity index (χ4n) is 2.68. The highest BCUT2D eigenvalue weighted by Gasteiger charge is 2.27. The number of rotatable bonds is 4. The van der Waals surface area contributed by atoms with Crippen LogP contribution in [0.1, 0.15) is 42.0 Å². The SMILES string of the molecule is CNC(=O)c1ccc(CN(C)[C@@H]2CCCC[C@H]2O)o1. The van der Waals surface area contributed by atoms with Crippen LogP contribution in [0.15, 0.2) is 16.5 Å². The molecule has 2 rings (SSSR count). The van der Waals surface area contributed by atoms with E-state index in [9.17, 15) is 9.90 Å². The van der Waals surface area contributed by atoms with Gasteiger partial charge in [-0.05, 0) is 32.0 Å². The zero-order valence-corrected chi connectivity index (χ0v) is 11.6. The Hall–Kier alpha value is -1.33. The summed E-state index contributed by atoms with van der Waals surface area (Å²) in [7, 11) is 3.57. The van der Waals surface area contributed by atoms with Crippen molar-refractivity contribution in [3.05, 3.63) is 23.7 Å². The van der Waals surface area contributed by atoms with Gasteiger partial charge >= 0.3 is 0 Å². The van der Waals surface area contributed by atoms with Crippen LogP contribution in [0.5, 0.6) is 0 Å². The molecule has 5 nitrogen and oxygen atoms in total. The number of nitrogens with one attached hydrogen (secondary N) is 1. The van der Waals surface area contributed by atoms with Crippen molar-refractivity contribution < 1.29 is 14.3 Å².